The lowest BCUT2D eigenvalue weighted by Gasteiger charge is -2.10. The zero-order chi connectivity index (χ0) is 18.3. The van der Waals surface area contributed by atoms with E-state index in [1.165, 1.54) is 0 Å². The third-order valence-electron chi connectivity index (χ3n) is 5.00. The highest BCUT2D eigenvalue weighted by molar-refractivity contribution is 5.82. The number of nitrogens with one attached hydrogen (secondary N) is 4. The van der Waals surface area contributed by atoms with Crippen molar-refractivity contribution in [1.82, 2.24) is 35.9 Å². The Labute approximate surface area is 151 Å². The average molecular weight is 353 g/mol. The second-order valence-electron chi connectivity index (χ2n) is 6.76. The Hall–Kier alpha value is -2.71. The van der Waals surface area contributed by atoms with Crippen molar-refractivity contribution >= 4 is 16.9 Å². The molecule has 3 aromatic rings. The number of para-hydroxylation sites is 2. The molecule has 4 rings (SSSR count). The Balaban J connectivity index is 1.38. The van der Waals surface area contributed by atoms with Crippen molar-refractivity contribution in [2.24, 2.45) is 7.05 Å². The lowest BCUT2D eigenvalue weighted by Crippen LogP contribution is -2.43. The average Bonchev–Trinajstić information content (AvgIpc) is 3.31. The number of aryl methyl sites for hydroxylation is 2. The van der Waals surface area contributed by atoms with Crippen LogP contribution in [0.25, 0.3) is 11.0 Å². The second kappa shape index (κ2) is 6.54. The molecule has 2 unspecified atom stereocenters. The molecule has 3 heterocycles. The molecular weight excluding hydrogens is 330 g/mol. The van der Waals surface area contributed by atoms with E-state index in [1.807, 2.05) is 49.8 Å². The van der Waals surface area contributed by atoms with Gasteiger partial charge in [-0.1, -0.05) is 12.1 Å². The maximum absolute atomic E-state index is 12.5. The Bertz CT molecular complexity index is 925. The molecule has 1 amide bonds. The van der Waals surface area contributed by atoms with Crippen LogP contribution in [0.1, 0.15) is 35.2 Å². The van der Waals surface area contributed by atoms with Gasteiger partial charge in [0.25, 0.3) is 0 Å². The molecule has 136 valence electrons. The number of carbonyl (C=O) groups is 1. The van der Waals surface area contributed by atoms with Crippen molar-refractivity contribution in [2.45, 2.75) is 38.9 Å². The molecule has 1 aliphatic rings. The van der Waals surface area contributed by atoms with Crippen LogP contribution in [-0.2, 0) is 18.4 Å². The van der Waals surface area contributed by atoms with Crippen LogP contribution >= 0.6 is 0 Å². The summed E-state index contributed by atoms with van der Waals surface area (Å²) in [7, 11) is 1.94. The van der Waals surface area contributed by atoms with Gasteiger partial charge in [0, 0.05) is 18.3 Å². The van der Waals surface area contributed by atoms with Crippen LogP contribution in [0, 0.1) is 13.8 Å². The predicted molar refractivity (Wildman–Crippen MR) is 98.0 cm³/mol. The first-order valence-corrected chi connectivity index (χ1v) is 8.75. The number of hydrogen-bond acceptors (Lipinski definition) is 5. The maximum Gasteiger partial charge on any atom is 0.238 e. The first-order valence-electron chi connectivity index (χ1n) is 8.75. The number of hydrazine groups is 1. The van der Waals surface area contributed by atoms with Gasteiger partial charge in [-0.2, -0.15) is 5.10 Å². The summed E-state index contributed by atoms with van der Waals surface area (Å²) in [6.45, 7) is 4.42. The standard InChI is InChI=1S/C18H23N7O/c1-10-17(11(2)25(3)24-10)14-8-15(23-22-14)18(26)19-9-16-20-12-6-4-5-7-13(12)21-16/h4-7,14-15,22-23H,8-9H2,1-3H3,(H,19,26)(H,20,21). The fourth-order valence-corrected chi connectivity index (χ4v) is 3.60. The van der Waals surface area contributed by atoms with E-state index >= 15 is 0 Å². The van der Waals surface area contributed by atoms with Gasteiger partial charge in [-0.25, -0.2) is 15.8 Å². The number of benzene rings is 1. The Kier molecular flexibility index (Phi) is 4.21. The number of amides is 1. The summed E-state index contributed by atoms with van der Waals surface area (Å²) in [5.41, 5.74) is 11.5. The molecule has 1 saturated heterocycles. The van der Waals surface area contributed by atoms with E-state index < -0.39 is 0 Å². The number of fused-ring (bicyclic) bond motifs is 1. The highest BCUT2D eigenvalue weighted by atomic mass is 16.2. The van der Waals surface area contributed by atoms with Crippen molar-refractivity contribution in [2.75, 3.05) is 0 Å². The smallest absolute Gasteiger partial charge is 0.238 e. The van der Waals surface area contributed by atoms with Gasteiger partial charge in [-0.3, -0.25) is 9.48 Å². The number of carbonyl (C=O) groups excluding carboxylic acids is 1. The van der Waals surface area contributed by atoms with Crippen LogP contribution in [0.3, 0.4) is 0 Å². The summed E-state index contributed by atoms with van der Waals surface area (Å²) in [4.78, 5) is 20.2. The zero-order valence-electron chi connectivity index (χ0n) is 15.1. The summed E-state index contributed by atoms with van der Waals surface area (Å²) in [6.07, 6.45) is 0.680. The Morgan fingerprint density at radius 3 is 2.85 bits per heavy atom. The summed E-state index contributed by atoms with van der Waals surface area (Å²) >= 11 is 0. The lowest BCUT2D eigenvalue weighted by molar-refractivity contribution is -0.123. The van der Waals surface area contributed by atoms with Crippen molar-refractivity contribution in [1.29, 1.82) is 0 Å². The minimum Gasteiger partial charge on any atom is -0.347 e. The van der Waals surface area contributed by atoms with Crippen molar-refractivity contribution in [3.05, 3.63) is 47.0 Å². The van der Waals surface area contributed by atoms with Crippen molar-refractivity contribution in [3.8, 4) is 0 Å². The molecule has 1 aromatic carbocycles. The molecule has 8 nitrogen and oxygen atoms in total. The van der Waals surface area contributed by atoms with Gasteiger partial charge in [0.15, 0.2) is 0 Å². The van der Waals surface area contributed by atoms with Crippen molar-refractivity contribution < 1.29 is 4.79 Å². The molecule has 1 fully saturated rings. The Morgan fingerprint density at radius 1 is 1.31 bits per heavy atom. The molecule has 4 N–H and O–H groups in total. The molecule has 0 radical (unpaired) electrons. The molecule has 0 bridgehead atoms. The fraction of sp³-hybridized carbons (Fsp3) is 0.389. The monoisotopic (exact) mass is 353 g/mol. The van der Waals surface area contributed by atoms with Gasteiger partial charge in [0.2, 0.25) is 5.91 Å². The molecule has 2 atom stereocenters. The highest BCUT2D eigenvalue weighted by Crippen LogP contribution is 2.27. The summed E-state index contributed by atoms with van der Waals surface area (Å²) in [5, 5.41) is 7.41. The van der Waals surface area contributed by atoms with E-state index in [2.05, 4.69) is 31.2 Å². The second-order valence-corrected chi connectivity index (χ2v) is 6.76. The number of rotatable bonds is 4. The molecule has 1 aliphatic heterocycles. The van der Waals surface area contributed by atoms with E-state index in [0.29, 0.717) is 13.0 Å². The summed E-state index contributed by atoms with van der Waals surface area (Å²) < 4.78 is 1.88. The quantitative estimate of drug-likeness (QED) is 0.564. The topological polar surface area (TPSA) is 99.7 Å². The molecule has 26 heavy (non-hydrogen) atoms. The van der Waals surface area contributed by atoms with Gasteiger partial charge >= 0.3 is 0 Å². The van der Waals surface area contributed by atoms with Gasteiger partial charge in [0.05, 0.1) is 29.3 Å². The number of hydrogen-bond donors (Lipinski definition) is 4. The number of H-pyrrole nitrogens is 1. The van der Waals surface area contributed by atoms with Crippen LogP contribution in [0.2, 0.25) is 0 Å². The van der Waals surface area contributed by atoms with Crippen LogP contribution in [-0.4, -0.2) is 31.7 Å². The first-order chi connectivity index (χ1) is 12.5. The number of nitrogens with zero attached hydrogens (tertiary/aromatic N) is 3. The minimum absolute atomic E-state index is 0.0420. The van der Waals surface area contributed by atoms with Crippen LogP contribution in [0.4, 0.5) is 0 Å². The van der Waals surface area contributed by atoms with E-state index in [9.17, 15) is 4.79 Å². The van der Waals surface area contributed by atoms with Gasteiger partial charge in [-0.15, -0.1) is 0 Å². The lowest BCUT2D eigenvalue weighted by atomic mass is 10.00. The number of imidazole rings is 1. The molecule has 0 spiro atoms. The molecule has 0 saturated carbocycles. The highest BCUT2D eigenvalue weighted by Gasteiger charge is 2.32. The normalized spacial score (nSPS) is 20.0. The third kappa shape index (κ3) is 2.97. The maximum atomic E-state index is 12.5. The number of aromatic nitrogens is 4. The summed E-state index contributed by atoms with van der Waals surface area (Å²) in [6, 6.07) is 7.61. The number of aromatic amines is 1. The molecular formula is C18H23N7O. The largest absolute Gasteiger partial charge is 0.347 e. The van der Waals surface area contributed by atoms with E-state index in [1.54, 1.807) is 0 Å². The van der Waals surface area contributed by atoms with Crippen LogP contribution in [0.15, 0.2) is 24.3 Å². The molecule has 0 aliphatic carbocycles. The molecule has 2 aromatic heterocycles. The van der Waals surface area contributed by atoms with Gasteiger partial charge < -0.3 is 10.3 Å². The van der Waals surface area contributed by atoms with E-state index in [0.717, 1.165) is 33.8 Å². The fourth-order valence-electron chi connectivity index (χ4n) is 3.60. The minimum atomic E-state index is -0.289. The van der Waals surface area contributed by atoms with E-state index in [-0.39, 0.29) is 18.0 Å². The summed E-state index contributed by atoms with van der Waals surface area (Å²) in [5.74, 6) is 0.709. The third-order valence-corrected chi connectivity index (χ3v) is 5.00. The Morgan fingerprint density at radius 2 is 2.12 bits per heavy atom. The van der Waals surface area contributed by atoms with Crippen LogP contribution < -0.4 is 16.2 Å². The van der Waals surface area contributed by atoms with E-state index in [4.69, 9.17) is 0 Å². The van der Waals surface area contributed by atoms with Crippen molar-refractivity contribution in [3.63, 3.8) is 0 Å². The predicted octanol–water partition coefficient (Wildman–Crippen LogP) is 1.14. The zero-order valence-corrected chi connectivity index (χ0v) is 15.1. The first kappa shape index (κ1) is 16.7. The molecule has 8 heteroatoms. The SMILES string of the molecule is Cc1nn(C)c(C)c1C1CC(C(=O)NCc2nc3ccccc3[nH]2)NN1. The van der Waals surface area contributed by atoms with Gasteiger partial charge in [-0.05, 0) is 32.4 Å². The van der Waals surface area contributed by atoms with Gasteiger partial charge in [0.1, 0.15) is 11.9 Å². The van der Waals surface area contributed by atoms with Crippen LogP contribution in [0.5, 0.6) is 0 Å².